The molecule has 0 saturated carbocycles. The number of hydrogen-bond acceptors (Lipinski definition) is 4. The largest absolute Gasteiger partial charge is 0.573 e. The molecule has 0 saturated heterocycles. The van der Waals surface area contributed by atoms with Crippen molar-refractivity contribution in [3.05, 3.63) is 76.3 Å². The van der Waals surface area contributed by atoms with Gasteiger partial charge in [-0.25, -0.2) is 0 Å². The van der Waals surface area contributed by atoms with E-state index in [0.29, 0.717) is 28.2 Å². The third-order valence-electron chi connectivity index (χ3n) is 3.77. The standard InChI is InChI=1S/C20H15F3O4/c1-12-11-25-13(2)18(19(12)24)14-6-8-15(9-7-14)26-16-4-3-5-17(10-16)27-20(21,22)23/h3-11H,1-2H3. The van der Waals surface area contributed by atoms with E-state index < -0.39 is 6.36 Å². The van der Waals surface area contributed by atoms with Crippen LogP contribution in [0.2, 0.25) is 0 Å². The number of hydrogen-bond donors (Lipinski definition) is 0. The van der Waals surface area contributed by atoms with Gasteiger partial charge in [-0.05, 0) is 43.7 Å². The van der Waals surface area contributed by atoms with Gasteiger partial charge in [0.15, 0.2) is 5.43 Å². The summed E-state index contributed by atoms with van der Waals surface area (Å²) in [7, 11) is 0. The van der Waals surface area contributed by atoms with Gasteiger partial charge in [0.2, 0.25) is 0 Å². The first kappa shape index (κ1) is 18.6. The second kappa shape index (κ2) is 7.19. The van der Waals surface area contributed by atoms with Gasteiger partial charge in [0.05, 0.1) is 11.8 Å². The topological polar surface area (TPSA) is 48.7 Å². The second-order valence-corrected chi connectivity index (χ2v) is 5.83. The van der Waals surface area contributed by atoms with Crippen LogP contribution in [-0.2, 0) is 0 Å². The SMILES string of the molecule is Cc1occ(C)c(=O)c1-c1ccc(Oc2cccc(OC(F)(F)F)c2)cc1. The Morgan fingerprint density at radius 2 is 1.59 bits per heavy atom. The maximum Gasteiger partial charge on any atom is 0.573 e. The summed E-state index contributed by atoms with van der Waals surface area (Å²) in [6.45, 7) is 3.37. The monoisotopic (exact) mass is 376 g/mol. The number of alkyl halides is 3. The first-order chi connectivity index (χ1) is 12.7. The molecule has 0 radical (unpaired) electrons. The summed E-state index contributed by atoms with van der Waals surface area (Å²) in [6.07, 6.45) is -3.36. The molecule has 1 heterocycles. The zero-order chi connectivity index (χ0) is 19.6. The van der Waals surface area contributed by atoms with Gasteiger partial charge < -0.3 is 13.9 Å². The van der Waals surface area contributed by atoms with E-state index in [0.717, 1.165) is 6.07 Å². The highest BCUT2D eigenvalue weighted by atomic mass is 19.4. The van der Waals surface area contributed by atoms with E-state index in [4.69, 9.17) is 9.15 Å². The molecule has 4 nitrogen and oxygen atoms in total. The van der Waals surface area contributed by atoms with Crippen LogP contribution in [-0.4, -0.2) is 6.36 Å². The van der Waals surface area contributed by atoms with E-state index in [-0.39, 0.29) is 16.9 Å². The lowest BCUT2D eigenvalue weighted by Gasteiger charge is -2.11. The maximum absolute atomic E-state index is 12.3. The van der Waals surface area contributed by atoms with Crippen LogP contribution in [0.3, 0.4) is 0 Å². The van der Waals surface area contributed by atoms with Crippen molar-refractivity contribution in [2.75, 3.05) is 0 Å². The molecule has 0 aliphatic rings. The van der Waals surface area contributed by atoms with Crippen molar-refractivity contribution in [2.24, 2.45) is 0 Å². The average molecular weight is 376 g/mol. The van der Waals surface area contributed by atoms with Gasteiger partial charge in [0.1, 0.15) is 23.0 Å². The third kappa shape index (κ3) is 4.49. The summed E-state index contributed by atoms with van der Waals surface area (Å²) in [6, 6.07) is 11.8. The zero-order valence-electron chi connectivity index (χ0n) is 14.5. The lowest BCUT2D eigenvalue weighted by molar-refractivity contribution is -0.274. The van der Waals surface area contributed by atoms with Crippen LogP contribution in [0.25, 0.3) is 11.1 Å². The van der Waals surface area contributed by atoms with Gasteiger partial charge in [-0.1, -0.05) is 18.2 Å². The molecular weight excluding hydrogens is 361 g/mol. The van der Waals surface area contributed by atoms with E-state index in [1.54, 1.807) is 38.1 Å². The summed E-state index contributed by atoms with van der Waals surface area (Å²) in [5.41, 5.74) is 1.50. The highest BCUT2D eigenvalue weighted by molar-refractivity contribution is 5.66. The van der Waals surface area contributed by atoms with Gasteiger partial charge in [-0.15, -0.1) is 13.2 Å². The quantitative estimate of drug-likeness (QED) is 0.593. The van der Waals surface area contributed by atoms with Crippen molar-refractivity contribution in [1.82, 2.24) is 0 Å². The third-order valence-corrected chi connectivity index (χ3v) is 3.77. The van der Waals surface area contributed by atoms with Crippen molar-refractivity contribution in [3.63, 3.8) is 0 Å². The molecule has 0 aliphatic heterocycles. The van der Waals surface area contributed by atoms with Crippen LogP contribution in [0, 0.1) is 13.8 Å². The Bertz CT molecular complexity index is 1000. The van der Waals surface area contributed by atoms with Crippen molar-refractivity contribution < 1.29 is 27.1 Å². The maximum atomic E-state index is 12.3. The normalized spacial score (nSPS) is 11.3. The van der Waals surface area contributed by atoms with Crippen LogP contribution in [0.15, 0.2) is 64.0 Å². The van der Waals surface area contributed by atoms with Crippen molar-refractivity contribution in [1.29, 1.82) is 0 Å². The van der Waals surface area contributed by atoms with Gasteiger partial charge in [-0.3, -0.25) is 4.79 Å². The number of ether oxygens (including phenoxy) is 2. The smallest absolute Gasteiger partial charge is 0.468 e. The first-order valence-electron chi connectivity index (χ1n) is 7.96. The molecular formula is C20H15F3O4. The fraction of sp³-hybridized carbons (Fsp3) is 0.150. The molecule has 3 aromatic rings. The lowest BCUT2D eigenvalue weighted by Crippen LogP contribution is -2.16. The van der Waals surface area contributed by atoms with Crippen molar-refractivity contribution in [2.45, 2.75) is 20.2 Å². The van der Waals surface area contributed by atoms with E-state index in [1.807, 2.05) is 0 Å². The van der Waals surface area contributed by atoms with Crippen molar-refractivity contribution in [3.8, 4) is 28.4 Å². The lowest BCUT2D eigenvalue weighted by atomic mass is 10.0. The molecule has 0 unspecified atom stereocenters. The molecule has 0 fully saturated rings. The molecule has 0 N–H and O–H groups in total. The number of benzene rings is 2. The highest BCUT2D eigenvalue weighted by Crippen LogP contribution is 2.30. The Kier molecular flexibility index (Phi) is 4.94. The van der Waals surface area contributed by atoms with E-state index in [2.05, 4.69) is 4.74 Å². The molecule has 7 heteroatoms. The average Bonchev–Trinajstić information content (AvgIpc) is 2.59. The first-order valence-corrected chi connectivity index (χ1v) is 7.96. The predicted octanol–water partition coefficient (Wildman–Crippen LogP) is 5.61. The molecule has 0 amide bonds. The predicted molar refractivity (Wildman–Crippen MR) is 93.1 cm³/mol. The van der Waals surface area contributed by atoms with Crippen LogP contribution in [0.5, 0.6) is 17.2 Å². The summed E-state index contributed by atoms with van der Waals surface area (Å²) in [4.78, 5) is 12.3. The number of halogens is 3. The Morgan fingerprint density at radius 1 is 0.926 bits per heavy atom. The van der Waals surface area contributed by atoms with Gasteiger partial charge in [0.25, 0.3) is 0 Å². The summed E-state index contributed by atoms with van der Waals surface area (Å²) >= 11 is 0. The van der Waals surface area contributed by atoms with Crippen LogP contribution in [0.1, 0.15) is 11.3 Å². The van der Waals surface area contributed by atoms with Gasteiger partial charge >= 0.3 is 6.36 Å². The molecule has 0 bridgehead atoms. The molecule has 0 atom stereocenters. The Labute approximate surface area is 152 Å². The number of rotatable bonds is 4. The molecule has 27 heavy (non-hydrogen) atoms. The van der Waals surface area contributed by atoms with E-state index in [9.17, 15) is 18.0 Å². The fourth-order valence-corrected chi connectivity index (χ4v) is 2.54. The van der Waals surface area contributed by atoms with Gasteiger partial charge in [-0.2, -0.15) is 0 Å². The molecule has 140 valence electrons. The minimum Gasteiger partial charge on any atom is -0.468 e. The molecule has 2 aromatic carbocycles. The Morgan fingerprint density at radius 3 is 2.26 bits per heavy atom. The summed E-state index contributed by atoms with van der Waals surface area (Å²) in [5, 5.41) is 0. The zero-order valence-corrected chi connectivity index (χ0v) is 14.5. The fourth-order valence-electron chi connectivity index (χ4n) is 2.54. The van der Waals surface area contributed by atoms with Crippen LogP contribution >= 0.6 is 0 Å². The molecule has 0 aliphatic carbocycles. The summed E-state index contributed by atoms with van der Waals surface area (Å²) < 4.78 is 51.7. The Hall–Kier alpha value is -3.22. The highest BCUT2D eigenvalue weighted by Gasteiger charge is 2.31. The minimum absolute atomic E-state index is 0.121. The molecule has 3 rings (SSSR count). The van der Waals surface area contributed by atoms with Gasteiger partial charge in [0, 0.05) is 11.6 Å². The minimum atomic E-state index is -4.77. The Balaban J connectivity index is 1.82. The van der Waals surface area contributed by atoms with Crippen LogP contribution < -0.4 is 14.9 Å². The molecule has 1 aromatic heterocycles. The van der Waals surface area contributed by atoms with E-state index in [1.165, 1.54) is 24.5 Å². The number of aryl methyl sites for hydroxylation is 2. The molecule has 0 spiro atoms. The van der Waals surface area contributed by atoms with E-state index >= 15 is 0 Å². The van der Waals surface area contributed by atoms with Crippen molar-refractivity contribution >= 4 is 0 Å². The van der Waals surface area contributed by atoms with Crippen LogP contribution in [0.4, 0.5) is 13.2 Å². The second-order valence-electron chi connectivity index (χ2n) is 5.83. The summed E-state index contributed by atoms with van der Waals surface area (Å²) in [5.74, 6) is 0.717.